The molecule has 7 heteroatoms. The van der Waals surface area contributed by atoms with Crippen molar-refractivity contribution in [3.05, 3.63) is 52.1 Å². The summed E-state index contributed by atoms with van der Waals surface area (Å²) in [6.45, 7) is 2.07. The van der Waals surface area contributed by atoms with E-state index in [2.05, 4.69) is 17.3 Å². The number of hydrogen-bond acceptors (Lipinski definition) is 6. The van der Waals surface area contributed by atoms with Crippen LogP contribution in [0, 0.1) is 10.1 Å². The molecule has 0 atom stereocenters. The number of hydrazine groups is 1. The number of anilines is 3. The Morgan fingerprint density at radius 1 is 1.29 bits per heavy atom. The molecule has 2 aromatic rings. The van der Waals surface area contributed by atoms with Crippen LogP contribution in [0.4, 0.5) is 23.0 Å². The first kappa shape index (κ1) is 14.7. The van der Waals surface area contributed by atoms with Gasteiger partial charge in [0.1, 0.15) is 5.82 Å². The van der Waals surface area contributed by atoms with E-state index in [9.17, 15) is 10.1 Å². The Hall–Kier alpha value is -2.67. The fourth-order valence-corrected chi connectivity index (χ4v) is 1.99. The topological polar surface area (TPSA) is 97.3 Å². The minimum Gasteiger partial charge on any atom is -0.324 e. The van der Waals surface area contributed by atoms with E-state index in [0.717, 1.165) is 12.1 Å². The molecule has 0 saturated heterocycles. The fraction of sp³-hybridized carbons (Fsp3) is 0.214. The molecule has 0 amide bonds. The van der Waals surface area contributed by atoms with Crippen LogP contribution in [0.15, 0.2) is 36.4 Å². The molecule has 0 unspecified atom stereocenters. The summed E-state index contributed by atoms with van der Waals surface area (Å²) in [6.07, 6.45) is 0.939. The van der Waals surface area contributed by atoms with E-state index >= 15 is 0 Å². The van der Waals surface area contributed by atoms with Crippen LogP contribution in [-0.2, 0) is 6.42 Å². The van der Waals surface area contributed by atoms with Crippen LogP contribution < -0.4 is 16.2 Å². The molecule has 2 rings (SSSR count). The number of benzene rings is 1. The zero-order valence-electron chi connectivity index (χ0n) is 11.9. The quantitative estimate of drug-likeness (QED) is 0.498. The van der Waals surface area contributed by atoms with E-state index in [4.69, 9.17) is 5.84 Å². The van der Waals surface area contributed by atoms with Gasteiger partial charge in [-0.15, -0.1) is 0 Å². The Bertz CT molecular complexity index is 642. The second-order valence-electron chi connectivity index (χ2n) is 4.52. The summed E-state index contributed by atoms with van der Waals surface area (Å²) in [6, 6.07) is 10.6. The molecule has 0 aliphatic heterocycles. The SMILES string of the molecule is CCc1ccc(N(C)c2nc(NN)ccc2[N+](=O)[O-])cc1. The number of pyridine rings is 1. The average molecular weight is 287 g/mol. The third-order valence-corrected chi connectivity index (χ3v) is 3.25. The zero-order valence-corrected chi connectivity index (χ0v) is 11.9. The van der Waals surface area contributed by atoms with Crippen LogP contribution in [-0.4, -0.2) is 17.0 Å². The van der Waals surface area contributed by atoms with Crippen molar-refractivity contribution in [1.29, 1.82) is 0 Å². The molecule has 0 aliphatic carbocycles. The molecule has 110 valence electrons. The Kier molecular flexibility index (Phi) is 4.34. The van der Waals surface area contributed by atoms with Gasteiger partial charge in [-0.3, -0.25) is 10.1 Å². The predicted molar refractivity (Wildman–Crippen MR) is 82.6 cm³/mol. The van der Waals surface area contributed by atoms with Gasteiger partial charge in [0, 0.05) is 18.8 Å². The molecule has 0 spiro atoms. The molecule has 0 radical (unpaired) electrons. The molecule has 3 N–H and O–H groups in total. The van der Waals surface area contributed by atoms with Crippen molar-refractivity contribution >= 4 is 23.0 Å². The first-order valence-electron chi connectivity index (χ1n) is 6.51. The van der Waals surface area contributed by atoms with Gasteiger partial charge in [0.15, 0.2) is 0 Å². The largest absolute Gasteiger partial charge is 0.324 e. The highest BCUT2D eigenvalue weighted by molar-refractivity contribution is 5.69. The maximum absolute atomic E-state index is 11.1. The number of nitrogen functional groups attached to an aromatic ring is 1. The first-order valence-corrected chi connectivity index (χ1v) is 6.51. The van der Waals surface area contributed by atoms with Gasteiger partial charge in [0.2, 0.25) is 5.82 Å². The molecule has 0 fully saturated rings. The number of nitro groups is 1. The summed E-state index contributed by atoms with van der Waals surface area (Å²) in [4.78, 5) is 16.5. The number of nitrogens with one attached hydrogen (secondary N) is 1. The highest BCUT2D eigenvalue weighted by atomic mass is 16.6. The second-order valence-corrected chi connectivity index (χ2v) is 4.52. The molecule has 21 heavy (non-hydrogen) atoms. The summed E-state index contributed by atoms with van der Waals surface area (Å²) in [5.74, 6) is 5.92. The predicted octanol–water partition coefficient (Wildman–Crippen LogP) is 2.61. The van der Waals surface area contributed by atoms with Crippen molar-refractivity contribution < 1.29 is 4.92 Å². The monoisotopic (exact) mass is 287 g/mol. The molecule has 0 bridgehead atoms. The van der Waals surface area contributed by atoms with Crippen molar-refractivity contribution in [2.24, 2.45) is 5.84 Å². The number of rotatable bonds is 5. The summed E-state index contributed by atoms with van der Waals surface area (Å²) in [5, 5.41) is 11.1. The van der Waals surface area contributed by atoms with Gasteiger partial charge in [-0.2, -0.15) is 0 Å². The smallest absolute Gasteiger partial charge is 0.312 e. The summed E-state index contributed by atoms with van der Waals surface area (Å²) in [5.41, 5.74) is 4.34. The van der Waals surface area contributed by atoms with E-state index in [1.807, 2.05) is 24.3 Å². The number of nitrogens with two attached hydrogens (primary N) is 1. The van der Waals surface area contributed by atoms with Crippen LogP contribution in [0.2, 0.25) is 0 Å². The maximum atomic E-state index is 11.1. The molecule has 1 heterocycles. The minimum atomic E-state index is -0.459. The van der Waals surface area contributed by atoms with Gasteiger partial charge < -0.3 is 10.3 Å². The standard InChI is InChI=1S/C14H17N5O2/c1-3-10-4-6-11(7-5-10)18(2)14-12(19(20)21)8-9-13(16-14)17-15/h4-9H,3,15H2,1-2H3,(H,16,17). The Morgan fingerprint density at radius 3 is 2.48 bits per heavy atom. The van der Waals surface area contributed by atoms with Gasteiger partial charge in [-0.25, -0.2) is 10.8 Å². The van der Waals surface area contributed by atoms with Gasteiger partial charge >= 0.3 is 5.69 Å². The molecule has 0 saturated carbocycles. The van der Waals surface area contributed by atoms with E-state index in [-0.39, 0.29) is 11.5 Å². The Labute approximate surface area is 122 Å². The molecule has 1 aromatic carbocycles. The van der Waals surface area contributed by atoms with Gasteiger partial charge in [0.05, 0.1) is 4.92 Å². The summed E-state index contributed by atoms with van der Waals surface area (Å²) in [7, 11) is 1.73. The molecular weight excluding hydrogens is 270 g/mol. The third-order valence-electron chi connectivity index (χ3n) is 3.25. The van der Waals surface area contributed by atoms with Crippen molar-refractivity contribution in [3.63, 3.8) is 0 Å². The number of nitrogens with zero attached hydrogens (tertiary/aromatic N) is 3. The minimum absolute atomic E-state index is 0.0731. The Balaban J connectivity index is 2.44. The van der Waals surface area contributed by atoms with E-state index in [1.54, 1.807) is 11.9 Å². The van der Waals surface area contributed by atoms with Crippen LogP contribution in [0.3, 0.4) is 0 Å². The van der Waals surface area contributed by atoms with Gasteiger partial charge in [0.25, 0.3) is 0 Å². The molecule has 1 aromatic heterocycles. The lowest BCUT2D eigenvalue weighted by atomic mass is 10.1. The average Bonchev–Trinajstić information content (AvgIpc) is 2.53. The van der Waals surface area contributed by atoms with Crippen LogP contribution in [0.25, 0.3) is 0 Å². The Morgan fingerprint density at radius 2 is 1.95 bits per heavy atom. The lowest BCUT2D eigenvalue weighted by Crippen LogP contribution is -2.16. The number of aromatic nitrogens is 1. The molecular formula is C14H17N5O2. The van der Waals surface area contributed by atoms with Crippen molar-refractivity contribution in [3.8, 4) is 0 Å². The van der Waals surface area contributed by atoms with Crippen LogP contribution in [0.5, 0.6) is 0 Å². The highest BCUT2D eigenvalue weighted by Gasteiger charge is 2.20. The summed E-state index contributed by atoms with van der Waals surface area (Å²) < 4.78 is 0. The van der Waals surface area contributed by atoms with Crippen LogP contribution in [0.1, 0.15) is 12.5 Å². The van der Waals surface area contributed by atoms with E-state index < -0.39 is 4.92 Å². The van der Waals surface area contributed by atoms with Gasteiger partial charge in [-0.05, 0) is 30.2 Å². The normalized spacial score (nSPS) is 10.2. The third kappa shape index (κ3) is 3.09. The van der Waals surface area contributed by atoms with Crippen molar-refractivity contribution in [2.45, 2.75) is 13.3 Å². The highest BCUT2D eigenvalue weighted by Crippen LogP contribution is 2.31. The lowest BCUT2D eigenvalue weighted by molar-refractivity contribution is -0.384. The van der Waals surface area contributed by atoms with Gasteiger partial charge in [-0.1, -0.05) is 19.1 Å². The molecule has 0 aliphatic rings. The zero-order chi connectivity index (χ0) is 15.4. The second kappa shape index (κ2) is 6.19. The first-order chi connectivity index (χ1) is 10.1. The van der Waals surface area contributed by atoms with Crippen LogP contribution >= 0.6 is 0 Å². The van der Waals surface area contributed by atoms with Crippen molar-refractivity contribution in [2.75, 3.05) is 17.4 Å². The number of aryl methyl sites for hydroxylation is 1. The maximum Gasteiger partial charge on any atom is 0.312 e. The van der Waals surface area contributed by atoms with E-state index in [1.165, 1.54) is 17.7 Å². The summed E-state index contributed by atoms with van der Waals surface area (Å²) >= 11 is 0. The number of hydrogen-bond donors (Lipinski definition) is 2. The molecule has 7 nitrogen and oxygen atoms in total. The van der Waals surface area contributed by atoms with Crippen molar-refractivity contribution in [1.82, 2.24) is 4.98 Å². The van der Waals surface area contributed by atoms with E-state index in [0.29, 0.717) is 5.82 Å². The lowest BCUT2D eigenvalue weighted by Gasteiger charge is -2.19. The fourth-order valence-electron chi connectivity index (χ4n) is 1.99.